The minimum Gasteiger partial charge on any atom is -0.370 e. The number of hydrogen-bond acceptors (Lipinski definition) is 2. The van der Waals surface area contributed by atoms with Gasteiger partial charge in [-0.2, -0.15) is 0 Å². The number of likely N-dealkylation sites (tertiary alicyclic amines) is 1. The van der Waals surface area contributed by atoms with Crippen molar-refractivity contribution in [3.8, 4) is 0 Å². The highest BCUT2D eigenvalue weighted by Gasteiger charge is 2.19. The van der Waals surface area contributed by atoms with E-state index < -0.39 is 0 Å². The second-order valence-corrected chi connectivity index (χ2v) is 6.53. The molecule has 4 nitrogen and oxygen atoms in total. The van der Waals surface area contributed by atoms with Crippen molar-refractivity contribution in [2.75, 3.05) is 19.6 Å². The van der Waals surface area contributed by atoms with Gasteiger partial charge >= 0.3 is 0 Å². The smallest absolute Gasteiger partial charge is 0.191 e. The number of nitrogens with two attached hydrogens (primary N) is 1. The number of piperidine rings is 1. The molecule has 0 amide bonds. The first-order chi connectivity index (χ1) is 10.1. The second-order valence-electron chi connectivity index (χ2n) is 6.53. The molecular weight excluding hydrogens is 387 g/mol. The van der Waals surface area contributed by atoms with Crippen molar-refractivity contribution in [1.29, 1.82) is 0 Å². The zero-order valence-corrected chi connectivity index (χ0v) is 16.2. The fourth-order valence-corrected chi connectivity index (χ4v) is 2.99. The van der Waals surface area contributed by atoms with Gasteiger partial charge in [-0.1, -0.05) is 26.8 Å². The third-order valence-electron chi connectivity index (χ3n) is 4.35. The van der Waals surface area contributed by atoms with Crippen molar-refractivity contribution >= 4 is 29.9 Å². The zero-order valence-electron chi connectivity index (χ0n) is 13.9. The Morgan fingerprint density at radius 3 is 2.86 bits per heavy atom. The van der Waals surface area contributed by atoms with Gasteiger partial charge in [-0.15, -0.1) is 24.0 Å². The molecule has 0 spiro atoms. The topological polar surface area (TPSA) is 54.5 Å². The molecular formula is C17H29IN4. The van der Waals surface area contributed by atoms with Gasteiger partial charge in [0.1, 0.15) is 0 Å². The van der Waals surface area contributed by atoms with Crippen LogP contribution in [0.5, 0.6) is 0 Å². The van der Waals surface area contributed by atoms with Crippen LogP contribution in [0.3, 0.4) is 0 Å². The van der Waals surface area contributed by atoms with Crippen molar-refractivity contribution < 1.29 is 0 Å². The maximum absolute atomic E-state index is 6.20. The van der Waals surface area contributed by atoms with Gasteiger partial charge in [0.2, 0.25) is 0 Å². The van der Waals surface area contributed by atoms with Crippen LogP contribution in [0, 0.1) is 11.8 Å². The van der Waals surface area contributed by atoms with Crippen LogP contribution in [-0.4, -0.2) is 35.5 Å². The Morgan fingerprint density at radius 2 is 2.27 bits per heavy atom. The third kappa shape index (κ3) is 5.41. The number of nitrogens with zero attached hydrogens (tertiary/aromatic N) is 3. The summed E-state index contributed by atoms with van der Waals surface area (Å²) in [5.41, 5.74) is 7.44. The molecule has 1 fully saturated rings. The van der Waals surface area contributed by atoms with Gasteiger partial charge < -0.3 is 10.6 Å². The van der Waals surface area contributed by atoms with Crippen LogP contribution in [0.4, 0.5) is 0 Å². The summed E-state index contributed by atoms with van der Waals surface area (Å²) >= 11 is 0. The molecule has 1 aromatic heterocycles. The second kappa shape index (κ2) is 9.33. The summed E-state index contributed by atoms with van der Waals surface area (Å²) in [6.45, 7) is 9.55. The number of rotatable bonds is 4. The molecule has 1 saturated heterocycles. The number of halogens is 1. The molecule has 2 heterocycles. The summed E-state index contributed by atoms with van der Waals surface area (Å²) in [5, 5.41) is 0. The number of hydrogen-bond donors (Lipinski definition) is 1. The summed E-state index contributed by atoms with van der Waals surface area (Å²) in [4.78, 5) is 11.1. The lowest BCUT2D eigenvalue weighted by Crippen LogP contribution is -2.43. The molecule has 0 aliphatic carbocycles. The third-order valence-corrected chi connectivity index (χ3v) is 4.35. The predicted molar refractivity (Wildman–Crippen MR) is 104 cm³/mol. The van der Waals surface area contributed by atoms with Gasteiger partial charge in [0.25, 0.3) is 0 Å². The van der Waals surface area contributed by atoms with E-state index in [2.05, 4.69) is 41.7 Å². The van der Waals surface area contributed by atoms with E-state index in [1.54, 1.807) is 0 Å². The Hall–Kier alpha value is -0.850. The molecule has 0 saturated carbocycles. The highest BCUT2D eigenvalue weighted by molar-refractivity contribution is 14.0. The lowest BCUT2D eigenvalue weighted by Gasteiger charge is -2.32. The summed E-state index contributed by atoms with van der Waals surface area (Å²) in [7, 11) is 0. The molecule has 0 aromatic carbocycles. The van der Waals surface area contributed by atoms with E-state index >= 15 is 0 Å². The highest BCUT2D eigenvalue weighted by atomic mass is 127. The Kier molecular flexibility index (Phi) is 8.14. The van der Waals surface area contributed by atoms with Gasteiger partial charge in [0.15, 0.2) is 5.96 Å². The molecule has 1 aliphatic rings. The molecule has 124 valence electrons. The summed E-state index contributed by atoms with van der Waals surface area (Å²) in [6, 6.07) is 4.12. The molecule has 2 N–H and O–H groups in total. The van der Waals surface area contributed by atoms with Gasteiger partial charge in [-0.3, -0.25) is 9.98 Å². The number of aromatic nitrogens is 1. The Bertz CT molecular complexity index is 461. The molecule has 2 atom stereocenters. The van der Waals surface area contributed by atoms with Crippen LogP contribution >= 0.6 is 24.0 Å². The largest absolute Gasteiger partial charge is 0.370 e. The monoisotopic (exact) mass is 416 g/mol. The van der Waals surface area contributed by atoms with Crippen LogP contribution < -0.4 is 5.73 Å². The Balaban J connectivity index is 0.00000242. The van der Waals surface area contributed by atoms with Crippen LogP contribution in [0.25, 0.3) is 0 Å². The van der Waals surface area contributed by atoms with E-state index in [0.717, 1.165) is 19.6 Å². The Morgan fingerprint density at radius 1 is 1.50 bits per heavy atom. The van der Waals surface area contributed by atoms with Crippen molar-refractivity contribution in [2.45, 2.75) is 39.5 Å². The van der Waals surface area contributed by atoms with Crippen LogP contribution in [0.1, 0.15) is 45.1 Å². The fraction of sp³-hybridized carbons (Fsp3) is 0.647. The van der Waals surface area contributed by atoms with E-state index in [4.69, 9.17) is 5.73 Å². The van der Waals surface area contributed by atoms with Crippen LogP contribution in [0.15, 0.2) is 29.5 Å². The quantitative estimate of drug-likeness (QED) is 0.465. The molecule has 2 rings (SSSR count). The van der Waals surface area contributed by atoms with Crippen molar-refractivity contribution in [1.82, 2.24) is 9.88 Å². The molecule has 0 radical (unpaired) electrons. The average Bonchev–Trinajstić information content (AvgIpc) is 2.48. The molecule has 0 bridgehead atoms. The maximum Gasteiger partial charge on any atom is 0.191 e. The molecule has 1 aliphatic heterocycles. The van der Waals surface area contributed by atoms with E-state index in [1.807, 2.05) is 18.5 Å². The van der Waals surface area contributed by atoms with Crippen LogP contribution in [-0.2, 0) is 0 Å². The summed E-state index contributed by atoms with van der Waals surface area (Å²) in [6.07, 6.45) is 6.27. The van der Waals surface area contributed by atoms with E-state index in [0.29, 0.717) is 23.7 Å². The number of aliphatic imine (C=N–C) groups is 1. The highest BCUT2D eigenvalue weighted by Crippen LogP contribution is 2.24. The minimum atomic E-state index is 0. The zero-order chi connectivity index (χ0) is 15.2. The van der Waals surface area contributed by atoms with Crippen LogP contribution in [0.2, 0.25) is 0 Å². The first-order valence-corrected chi connectivity index (χ1v) is 8.02. The fourth-order valence-electron chi connectivity index (χ4n) is 2.99. The van der Waals surface area contributed by atoms with E-state index in [1.165, 1.54) is 18.4 Å². The van der Waals surface area contributed by atoms with Gasteiger partial charge in [0.05, 0.1) is 0 Å². The number of guanidine groups is 1. The first-order valence-electron chi connectivity index (χ1n) is 8.02. The van der Waals surface area contributed by atoms with Crippen molar-refractivity contribution in [3.63, 3.8) is 0 Å². The minimum absolute atomic E-state index is 0. The molecule has 1 aromatic rings. The predicted octanol–water partition coefficient (Wildman–Crippen LogP) is 3.49. The molecule has 22 heavy (non-hydrogen) atoms. The van der Waals surface area contributed by atoms with Gasteiger partial charge in [-0.05, 0) is 36.3 Å². The summed E-state index contributed by atoms with van der Waals surface area (Å²) in [5.74, 6) is 2.31. The SMILES string of the molecule is CC1CCCN(C(N)=NCC(c2cccnc2)C(C)C)C1.I. The standard InChI is InChI=1S/C17H28N4.HI/c1-13(2)16(15-7-4-8-19-10-15)11-20-17(18)21-9-5-6-14(3)12-21;/h4,7-8,10,13-14,16H,5-6,9,11-12H2,1-3H3,(H2,18,20);1H. The normalized spacial score (nSPS) is 20.6. The maximum atomic E-state index is 6.20. The first kappa shape index (κ1) is 19.2. The lowest BCUT2D eigenvalue weighted by molar-refractivity contribution is 0.270. The van der Waals surface area contributed by atoms with Crippen molar-refractivity contribution in [2.24, 2.45) is 22.6 Å². The van der Waals surface area contributed by atoms with Crippen molar-refractivity contribution in [3.05, 3.63) is 30.1 Å². The number of pyridine rings is 1. The summed E-state index contributed by atoms with van der Waals surface area (Å²) < 4.78 is 0. The molecule has 5 heteroatoms. The lowest BCUT2D eigenvalue weighted by atomic mass is 9.89. The van der Waals surface area contributed by atoms with E-state index in [-0.39, 0.29) is 24.0 Å². The molecule has 2 unspecified atom stereocenters. The average molecular weight is 416 g/mol. The van der Waals surface area contributed by atoms with Gasteiger partial charge in [0, 0.05) is 37.9 Å². The Labute approximate surface area is 151 Å². The van der Waals surface area contributed by atoms with E-state index in [9.17, 15) is 0 Å². The van der Waals surface area contributed by atoms with Gasteiger partial charge in [-0.25, -0.2) is 0 Å².